The first-order valence-electron chi connectivity index (χ1n) is 11.3. The summed E-state index contributed by atoms with van der Waals surface area (Å²) in [6.45, 7) is 3.72. The van der Waals surface area contributed by atoms with Crippen LogP contribution in [0.25, 0.3) is 0 Å². The highest BCUT2D eigenvalue weighted by Gasteiger charge is 2.13. The van der Waals surface area contributed by atoms with Gasteiger partial charge in [0.05, 0.1) is 6.10 Å². The summed E-state index contributed by atoms with van der Waals surface area (Å²) in [5, 5.41) is 9.57. The van der Waals surface area contributed by atoms with E-state index in [2.05, 4.69) is 0 Å². The van der Waals surface area contributed by atoms with Gasteiger partial charge in [0.1, 0.15) is 0 Å². The Hall–Kier alpha value is -0.710. The van der Waals surface area contributed by atoms with Gasteiger partial charge in [-0.15, -0.1) is 0 Å². The maximum atomic E-state index is 11.7. The molecule has 1 aliphatic rings. The Morgan fingerprint density at radius 1 is 1.07 bits per heavy atom. The van der Waals surface area contributed by atoms with Gasteiger partial charge in [0.15, 0.2) is 12.1 Å². The zero-order valence-electron chi connectivity index (χ0n) is 17.5. The fourth-order valence-electron chi connectivity index (χ4n) is 3.39. The van der Waals surface area contributed by atoms with Crippen LogP contribution in [0.15, 0.2) is 12.2 Å². The number of carbonyl (C=O) groups is 1. The third-order valence-corrected chi connectivity index (χ3v) is 5.10. The molecule has 1 saturated heterocycles. The van der Waals surface area contributed by atoms with Crippen LogP contribution >= 0.6 is 0 Å². The van der Waals surface area contributed by atoms with Crippen molar-refractivity contribution in [2.45, 2.75) is 116 Å². The topological polar surface area (TPSA) is 55.8 Å². The lowest BCUT2D eigenvalue weighted by atomic mass is 10.0. The van der Waals surface area contributed by atoms with Crippen LogP contribution in [0.4, 0.5) is 0 Å². The van der Waals surface area contributed by atoms with Crippen LogP contribution in [-0.2, 0) is 14.3 Å². The molecule has 1 aliphatic heterocycles. The Bertz CT molecular complexity index is 375. The molecule has 1 rings (SSSR count). The van der Waals surface area contributed by atoms with Gasteiger partial charge in [-0.2, -0.15) is 0 Å². The van der Waals surface area contributed by atoms with Crippen LogP contribution in [0.2, 0.25) is 0 Å². The van der Waals surface area contributed by atoms with Crippen LogP contribution in [0.5, 0.6) is 0 Å². The molecule has 0 radical (unpaired) electrons. The van der Waals surface area contributed by atoms with E-state index in [0.29, 0.717) is 6.42 Å². The maximum Gasteiger partial charge on any atom is 0.157 e. The highest BCUT2D eigenvalue weighted by molar-refractivity contribution is 5.89. The maximum absolute atomic E-state index is 11.7. The SMILES string of the molecule is CCC[C@@H](O)/C=C/C(=O)CCCCCCCCCCCOC1CCCCO1. The summed E-state index contributed by atoms with van der Waals surface area (Å²) >= 11 is 0. The monoisotopic (exact) mass is 382 g/mol. The molecular formula is C23H42O4. The second-order valence-corrected chi connectivity index (χ2v) is 7.78. The number of aliphatic hydroxyl groups excluding tert-OH is 1. The summed E-state index contributed by atoms with van der Waals surface area (Å²) < 4.78 is 11.3. The van der Waals surface area contributed by atoms with Crippen molar-refractivity contribution in [2.75, 3.05) is 13.2 Å². The molecule has 1 unspecified atom stereocenters. The average Bonchev–Trinajstić information content (AvgIpc) is 2.68. The number of ketones is 1. The molecule has 0 bridgehead atoms. The van der Waals surface area contributed by atoms with Gasteiger partial charge in [-0.05, 0) is 44.6 Å². The number of ether oxygens (including phenoxy) is 2. The summed E-state index contributed by atoms with van der Waals surface area (Å²) in [4.78, 5) is 11.7. The predicted octanol–water partition coefficient (Wildman–Crippen LogP) is 5.72. The Morgan fingerprint density at radius 3 is 2.37 bits per heavy atom. The number of hydrogen-bond donors (Lipinski definition) is 1. The molecular weight excluding hydrogens is 340 g/mol. The van der Waals surface area contributed by atoms with Crippen LogP contribution in [-0.4, -0.2) is 36.5 Å². The van der Waals surface area contributed by atoms with Crippen molar-refractivity contribution in [3.05, 3.63) is 12.2 Å². The van der Waals surface area contributed by atoms with E-state index in [0.717, 1.165) is 51.7 Å². The molecule has 0 aliphatic carbocycles. The number of carbonyl (C=O) groups excluding carboxylic acids is 1. The zero-order valence-corrected chi connectivity index (χ0v) is 17.5. The molecule has 0 saturated carbocycles. The van der Waals surface area contributed by atoms with Gasteiger partial charge in [0.2, 0.25) is 0 Å². The third-order valence-electron chi connectivity index (χ3n) is 5.10. The Morgan fingerprint density at radius 2 is 1.74 bits per heavy atom. The van der Waals surface area contributed by atoms with Crippen LogP contribution < -0.4 is 0 Å². The second-order valence-electron chi connectivity index (χ2n) is 7.78. The van der Waals surface area contributed by atoms with Crippen LogP contribution in [0.3, 0.4) is 0 Å². The molecule has 27 heavy (non-hydrogen) atoms. The molecule has 1 heterocycles. The normalized spacial score (nSPS) is 18.8. The summed E-state index contributed by atoms with van der Waals surface area (Å²) in [7, 11) is 0. The minimum atomic E-state index is -0.467. The lowest BCUT2D eigenvalue weighted by Gasteiger charge is -2.22. The van der Waals surface area contributed by atoms with E-state index in [-0.39, 0.29) is 12.1 Å². The highest BCUT2D eigenvalue weighted by Crippen LogP contribution is 2.15. The van der Waals surface area contributed by atoms with Crippen molar-refractivity contribution in [1.29, 1.82) is 0 Å². The number of allylic oxidation sites excluding steroid dienone is 1. The Labute approximate surface area is 166 Å². The van der Waals surface area contributed by atoms with Gasteiger partial charge in [0, 0.05) is 19.6 Å². The molecule has 0 aromatic heterocycles. The van der Waals surface area contributed by atoms with Gasteiger partial charge in [0.25, 0.3) is 0 Å². The predicted molar refractivity (Wildman–Crippen MR) is 111 cm³/mol. The molecule has 1 N–H and O–H groups in total. The Balaban J connectivity index is 1.79. The molecule has 0 spiro atoms. The number of hydrogen-bond acceptors (Lipinski definition) is 4. The quantitative estimate of drug-likeness (QED) is 0.258. The summed E-state index contributed by atoms with van der Waals surface area (Å²) in [6, 6.07) is 0. The summed E-state index contributed by atoms with van der Waals surface area (Å²) in [5.74, 6) is 0.144. The van der Waals surface area contributed by atoms with Crippen molar-refractivity contribution in [1.82, 2.24) is 0 Å². The third kappa shape index (κ3) is 15.0. The smallest absolute Gasteiger partial charge is 0.157 e. The van der Waals surface area contributed by atoms with E-state index >= 15 is 0 Å². The van der Waals surface area contributed by atoms with E-state index in [9.17, 15) is 9.90 Å². The van der Waals surface area contributed by atoms with Gasteiger partial charge in [-0.1, -0.05) is 64.4 Å². The molecule has 2 atom stereocenters. The standard InChI is InChI=1S/C23H42O4/c1-2-14-21(24)17-18-22(25)15-10-8-6-4-3-5-7-9-12-19-26-23-16-11-13-20-27-23/h17-18,21,23-24H,2-16,19-20H2,1H3/b18-17+/t21-,23?/m1/s1. The average molecular weight is 383 g/mol. The summed E-state index contributed by atoms with van der Waals surface area (Å²) in [6.07, 6.45) is 19.4. The first-order chi connectivity index (χ1) is 13.2. The van der Waals surface area contributed by atoms with E-state index < -0.39 is 6.10 Å². The molecule has 4 heteroatoms. The largest absolute Gasteiger partial charge is 0.389 e. The van der Waals surface area contributed by atoms with E-state index in [1.54, 1.807) is 12.2 Å². The minimum absolute atomic E-state index is 0.0579. The Kier molecular flexibility index (Phi) is 15.7. The van der Waals surface area contributed by atoms with Crippen molar-refractivity contribution >= 4 is 5.78 Å². The van der Waals surface area contributed by atoms with Crippen molar-refractivity contribution in [3.63, 3.8) is 0 Å². The van der Waals surface area contributed by atoms with Crippen LogP contribution in [0.1, 0.15) is 103 Å². The van der Waals surface area contributed by atoms with Crippen molar-refractivity contribution in [3.8, 4) is 0 Å². The molecule has 0 amide bonds. The second kappa shape index (κ2) is 17.4. The van der Waals surface area contributed by atoms with Gasteiger partial charge in [-0.3, -0.25) is 4.79 Å². The van der Waals surface area contributed by atoms with Gasteiger partial charge < -0.3 is 14.6 Å². The van der Waals surface area contributed by atoms with Crippen molar-refractivity contribution in [2.24, 2.45) is 0 Å². The molecule has 4 nitrogen and oxygen atoms in total. The van der Waals surface area contributed by atoms with Crippen LogP contribution in [0, 0.1) is 0 Å². The fourth-order valence-corrected chi connectivity index (χ4v) is 3.39. The van der Waals surface area contributed by atoms with E-state index in [1.807, 2.05) is 6.92 Å². The van der Waals surface area contributed by atoms with E-state index in [4.69, 9.17) is 9.47 Å². The van der Waals surface area contributed by atoms with Gasteiger partial charge in [-0.25, -0.2) is 0 Å². The first-order valence-corrected chi connectivity index (χ1v) is 11.3. The number of aliphatic hydroxyl groups is 1. The minimum Gasteiger partial charge on any atom is -0.389 e. The number of unbranched alkanes of at least 4 members (excludes halogenated alkanes) is 8. The highest BCUT2D eigenvalue weighted by atomic mass is 16.7. The fraction of sp³-hybridized carbons (Fsp3) is 0.870. The molecule has 0 aromatic carbocycles. The van der Waals surface area contributed by atoms with Gasteiger partial charge >= 0.3 is 0 Å². The van der Waals surface area contributed by atoms with E-state index in [1.165, 1.54) is 51.4 Å². The zero-order chi connectivity index (χ0) is 19.6. The molecule has 158 valence electrons. The molecule has 1 fully saturated rings. The molecule has 0 aromatic rings. The van der Waals surface area contributed by atoms with Crippen molar-refractivity contribution < 1.29 is 19.4 Å². The first kappa shape index (κ1) is 24.3. The summed E-state index contributed by atoms with van der Waals surface area (Å²) in [5.41, 5.74) is 0. The number of rotatable bonds is 17. The lowest BCUT2D eigenvalue weighted by molar-refractivity contribution is -0.162. The lowest BCUT2D eigenvalue weighted by Crippen LogP contribution is -2.22.